The van der Waals surface area contributed by atoms with Gasteiger partial charge in [-0.1, -0.05) is 6.92 Å². The van der Waals surface area contributed by atoms with Crippen LogP contribution in [0, 0.1) is 5.41 Å². The van der Waals surface area contributed by atoms with E-state index < -0.39 is 11.0 Å². The SMILES string of the molecule is CCC(C)(CN)C(=O)NCC(C)(O)CCOC. The molecule has 17 heavy (non-hydrogen) atoms. The molecular weight excluding hydrogens is 220 g/mol. The number of nitrogens with two attached hydrogens (primary N) is 1. The summed E-state index contributed by atoms with van der Waals surface area (Å²) in [4.78, 5) is 11.9. The first-order chi connectivity index (χ1) is 7.81. The average molecular weight is 246 g/mol. The van der Waals surface area contributed by atoms with E-state index in [0.717, 1.165) is 0 Å². The summed E-state index contributed by atoms with van der Waals surface area (Å²) in [6, 6.07) is 0. The second-order valence-corrected chi connectivity index (χ2v) is 5.04. The van der Waals surface area contributed by atoms with Crippen LogP contribution in [0.15, 0.2) is 0 Å². The molecule has 0 radical (unpaired) electrons. The molecule has 2 unspecified atom stereocenters. The summed E-state index contributed by atoms with van der Waals surface area (Å²) in [6.45, 7) is 6.41. The Kier molecular flexibility index (Phi) is 6.67. The van der Waals surface area contributed by atoms with Crippen LogP contribution >= 0.6 is 0 Å². The van der Waals surface area contributed by atoms with Crippen molar-refractivity contribution >= 4 is 5.91 Å². The molecule has 0 spiro atoms. The van der Waals surface area contributed by atoms with Crippen LogP contribution in [0.4, 0.5) is 0 Å². The molecule has 0 aromatic rings. The molecule has 0 rings (SSSR count). The number of methoxy groups -OCH3 is 1. The molecule has 4 N–H and O–H groups in total. The second kappa shape index (κ2) is 6.93. The monoisotopic (exact) mass is 246 g/mol. The number of carbonyl (C=O) groups excluding carboxylic acids is 1. The highest BCUT2D eigenvalue weighted by molar-refractivity contribution is 5.82. The molecule has 2 atom stereocenters. The third-order valence-corrected chi connectivity index (χ3v) is 3.25. The predicted molar refractivity (Wildman–Crippen MR) is 67.6 cm³/mol. The number of nitrogens with one attached hydrogen (secondary N) is 1. The second-order valence-electron chi connectivity index (χ2n) is 5.04. The van der Waals surface area contributed by atoms with Gasteiger partial charge in [0, 0.05) is 33.2 Å². The molecule has 0 bridgehead atoms. The lowest BCUT2D eigenvalue weighted by molar-refractivity contribution is -0.131. The van der Waals surface area contributed by atoms with Crippen molar-refractivity contribution in [2.24, 2.45) is 11.1 Å². The van der Waals surface area contributed by atoms with Gasteiger partial charge in [-0.25, -0.2) is 0 Å². The van der Waals surface area contributed by atoms with Crippen molar-refractivity contribution in [1.82, 2.24) is 5.32 Å². The molecule has 0 fully saturated rings. The minimum atomic E-state index is -0.949. The fourth-order valence-corrected chi connectivity index (χ4v) is 1.29. The summed E-state index contributed by atoms with van der Waals surface area (Å²) >= 11 is 0. The summed E-state index contributed by atoms with van der Waals surface area (Å²) in [7, 11) is 1.58. The van der Waals surface area contributed by atoms with E-state index in [2.05, 4.69) is 5.32 Å². The first kappa shape index (κ1) is 16.4. The summed E-state index contributed by atoms with van der Waals surface area (Å²) in [5.74, 6) is -0.111. The van der Waals surface area contributed by atoms with Crippen LogP contribution in [0.1, 0.15) is 33.6 Å². The summed E-state index contributed by atoms with van der Waals surface area (Å²) < 4.78 is 4.90. The van der Waals surface area contributed by atoms with Crippen molar-refractivity contribution in [1.29, 1.82) is 0 Å². The van der Waals surface area contributed by atoms with Gasteiger partial charge >= 0.3 is 0 Å². The van der Waals surface area contributed by atoms with Crippen molar-refractivity contribution in [3.05, 3.63) is 0 Å². The first-order valence-electron chi connectivity index (χ1n) is 6.01. The zero-order valence-corrected chi connectivity index (χ0v) is 11.4. The van der Waals surface area contributed by atoms with Crippen LogP contribution in [0.2, 0.25) is 0 Å². The van der Waals surface area contributed by atoms with Crippen molar-refractivity contribution in [2.75, 3.05) is 26.8 Å². The summed E-state index contributed by atoms with van der Waals surface area (Å²) in [6.07, 6.45) is 1.16. The Morgan fingerprint density at radius 2 is 2.06 bits per heavy atom. The van der Waals surface area contributed by atoms with E-state index in [0.29, 0.717) is 26.0 Å². The lowest BCUT2D eigenvalue weighted by Crippen LogP contribution is -2.48. The Morgan fingerprint density at radius 1 is 1.47 bits per heavy atom. The van der Waals surface area contributed by atoms with Crippen LogP contribution in [-0.2, 0) is 9.53 Å². The van der Waals surface area contributed by atoms with Crippen LogP contribution in [0.25, 0.3) is 0 Å². The highest BCUT2D eigenvalue weighted by atomic mass is 16.5. The lowest BCUT2D eigenvalue weighted by atomic mass is 9.86. The molecule has 5 heteroatoms. The largest absolute Gasteiger partial charge is 0.388 e. The fourth-order valence-electron chi connectivity index (χ4n) is 1.29. The zero-order valence-electron chi connectivity index (χ0n) is 11.4. The van der Waals surface area contributed by atoms with Gasteiger partial charge in [0.2, 0.25) is 5.91 Å². The van der Waals surface area contributed by atoms with Gasteiger partial charge in [-0.3, -0.25) is 4.79 Å². The van der Waals surface area contributed by atoms with E-state index >= 15 is 0 Å². The van der Waals surface area contributed by atoms with E-state index in [1.54, 1.807) is 14.0 Å². The van der Waals surface area contributed by atoms with Gasteiger partial charge in [0.15, 0.2) is 0 Å². The van der Waals surface area contributed by atoms with Gasteiger partial charge in [0.25, 0.3) is 0 Å². The van der Waals surface area contributed by atoms with Gasteiger partial charge in [-0.2, -0.15) is 0 Å². The molecule has 0 aromatic carbocycles. The quantitative estimate of drug-likeness (QED) is 0.574. The van der Waals surface area contributed by atoms with Crippen molar-refractivity contribution in [3.63, 3.8) is 0 Å². The number of hydrogen-bond donors (Lipinski definition) is 3. The molecule has 0 heterocycles. The van der Waals surface area contributed by atoms with E-state index in [9.17, 15) is 9.90 Å². The standard InChI is InChI=1S/C12H26N2O3/c1-5-11(2,8-13)10(15)14-9-12(3,16)6-7-17-4/h16H,5-9,13H2,1-4H3,(H,14,15). The molecule has 0 aliphatic rings. The predicted octanol–water partition coefficient (Wildman–Crippen LogP) is 0.265. The Bertz CT molecular complexity index is 238. The van der Waals surface area contributed by atoms with Crippen LogP contribution in [0.5, 0.6) is 0 Å². The maximum absolute atomic E-state index is 11.9. The number of hydrogen-bond acceptors (Lipinski definition) is 4. The Hall–Kier alpha value is -0.650. The van der Waals surface area contributed by atoms with Crippen LogP contribution in [0.3, 0.4) is 0 Å². The normalized spacial score (nSPS) is 18.2. The third-order valence-electron chi connectivity index (χ3n) is 3.25. The van der Waals surface area contributed by atoms with Crippen LogP contribution in [-0.4, -0.2) is 43.4 Å². The highest BCUT2D eigenvalue weighted by Gasteiger charge is 2.31. The fraction of sp³-hybridized carbons (Fsp3) is 0.917. The summed E-state index contributed by atoms with van der Waals surface area (Å²) in [5, 5.41) is 12.7. The maximum atomic E-state index is 11.9. The van der Waals surface area contributed by atoms with Crippen molar-refractivity contribution < 1.29 is 14.6 Å². The summed E-state index contributed by atoms with van der Waals surface area (Å²) in [5.41, 5.74) is 4.09. The third kappa shape index (κ3) is 5.48. The minimum Gasteiger partial charge on any atom is -0.388 e. The van der Waals surface area contributed by atoms with Crippen molar-refractivity contribution in [2.45, 2.75) is 39.2 Å². The average Bonchev–Trinajstić information content (AvgIpc) is 2.32. The smallest absolute Gasteiger partial charge is 0.227 e. The topological polar surface area (TPSA) is 84.6 Å². The molecule has 102 valence electrons. The van der Waals surface area contributed by atoms with E-state index in [-0.39, 0.29) is 12.5 Å². The first-order valence-corrected chi connectivity index (χ1v) is 6.01. The number of ether oxygens (including phenoxy) is 1. The number of amides is 1. The zero-order chi connectivity index (χ0) is 13.5. The number of aliphatic hydroxyl groups is 1. The lowest BCUT2D eigenvalue weighted by Gasteiger charge is -2.29. The number of rotatable bonds is 8. The molecule has 0 aliphatic heterocycles. The number of carbonyl (C=O) groups is 1. The van der Waals surface area contributed by atoms with Crippen molar-refractivity contribution in [3.8, 4) is 0 Å². The van der Waals surface area contributed by atoms with E-state index in [1.807, 2.05) is 13.8 Å². The molecule has 0 aliphatic carbocycles. The van der Waals surface area contributed by atoms with Gasteiger partial charge in [0.1, 0.15) is 0 Å². The Morgan fingerprint density at radius 3 is 2.47 bits per heavy atom. The Labute approximate surface area is 104 Å². The molecule has 5 nitrogen and oxygen atoms in total. The molecule has 0 saturated carbocycles. The van der Waals surface area contributed by atoms with Gasteiger partial charge in [-0.05, 0) is 20.3 Å². The van der Waals surface area contributed by atoms with E-state index in [1.165, 1.54) is 0 Å². The van der Waals surface area contributed by atoms with Crippen LogP contribution < -0.4 is 11.1 Å². The molecule has 0 saturated heterocycles. The Balaban J connectivity index is 4.23. The molecule has 0 aromatic heterocycles. The molecule has 1 amide bonds. The van der Waals surface area contributed by atoms with Gasteiger partial charge in [-0.15, -0.1) is 0 Å². The highest BCUT2D eigenvalue weighted by Crippen LogP contribution is 2.19. The van der Waals surface area contributed by atoms with Gasteiger partial charge in [0.05, 0.1) is 11.0 Å². The molecular formula is C12H26N2O3. The maximum Gasteiger partial charge on any atom is 0.227 e. The van der Waals surface area contributed by atoms with Gasteiger partial charge < -0.3 is 20.9 Å². The minimum absolute atomic E-state index is 0.111. The van der Waals surface area contributed by atoms with E-state index in [4.69, 9.17) is 10.5 Å².